The van der Waals surface area contributed by atoms with Crippen molar-refractivity contribution in [1.82, 2.24) is 5.73 Å². The van der Waals surface area contributed by atoms with Crippen LogP contribution in [0, 0.1) is 0 Å². The molecule has 0 spiro atoms. The molecular weight excluding hydrogens is 186 g/mol. The van der Waals surface area contributed by atoms with E-state index in [0.29, 0.717) is 10.6 Å². The molecule has 0 saturated heterocycles. The molecule has 1 aromatic rings. The quantitative estimate of drug-likeness (QED) is 0.727. The third-order valence-corrected chi connectivity index (χ3v) is 3.97. The van der Waals surface area contributed by atoms with E-state index in [1.807, 2.05) is 0 Å². The van der Waals surface area contributed by atoms with Crippen molar-refractivity contribution in [3.8, 4) is 0 Å². The summed E-state index contributed by atoms with van der Waals surface area (Å²) in [4.78, 5) is 0.290. The van der Waals surface area contributed by atoms with Gasteiger partial charge >= 0.3 is 0 Å². The Morgan fingerprint density at radius 1 is 1.15 bits per heavy atom. The molecule has 0 aliphatic rings. The maximum Gasteiger partial charge on any atom is 0.180 e. The Morgan fingerprint density at radius 2 is 1.62 bits per heavy atom. The summed E-state index contributed by atoms with van der Waals surface area (Å²) in [5.41, 5.74) is 7.53. The predicted molar refractivity (Wildman–Crippen MR) is 51.5 cm³/mol. The maximum absolute atomic E-state index is 11.6. The minimum Gasteiger partial charge on any atom is -0.301 e. The van der Waals surface area contributed by atoms with Gasteiger partial charge in [0.25, 0.3) is 0 Å². The summed E-state index contributed by atoms with van der Waals surface area (Å²) in [6, 6.07) is 5.90. The molecule has 4 heteroatoms. The Labute approximate surface area is 78.5 Å². The van der Waals surface area contributed by atoms with Crippen molar-refractivity contribution in [2.75, 3.05) is 0 Å². The highest BCUT2D eigenvalue weighted by molar-refractivity contribution is 7.92. The van der Waals surface area contributed by atoms with Crippen molar-refractivity contribution in [3.63, 3.8) is 0 Å². The van der Waals surface area contributed by atoms with Crippen molar-refractivity contribution in [3.05, 3.63) is 24.3 Å². The first-order valence-electron chi connectivity index (χ1n) is 4.00. The van der Waals surface area contributed by atoms with E-state index in [4.69, 9.17) is 5.73 Å². The first-order chi connectivity index (χ1) is 5.94. The molecule has 1 aromatic carbocycles. The second kappa shape index (κ2) is 3.38. The summed E-state index contributed by atoms with van der Waals surface area (Å²) in [7, 11) is -3.18. The molecule has 0 fully saturated rings. The monoisotopic (exact) mass is 198 g/mol. The van der Waals surface area contributed by atoms with Gasteiger partial charge in [0.05, 0.1) is 15.8 Å². The lowest BCUT2D eigenvalue weighted by Crippen LogP contribution is -2.13. The number of rotatable bonds is 2. The SMILES string of the molecule is CC(C)S(=O)(=O)c1ccc([NH])cc1. The second-order valence-electron chi connectivity index (χ2n) is 3.12. The first kappa shape index (κ1) is 10.1. The molecule has 0 aliphatic carbocycles. The van der Waals surface area contributed by atoms with Gasteiger partial charge in [0, 0.05) is 0 Å². The minimum atomic E-state index is -3.18. The van der Waals surface area contributed by atoms with Crippen LogP contribution in [-0.4, -0.2) is 13.7 Å². The molecule has 1 rings (SSSR count). The van der Waals surface area contributed by atoms with Crippen LogP contribution in [0.15, 0.2) is 29.2 Å². The van der Waals surface area contributed by atoms with E-state index >= 15 is 0 Å². The fourth-order valence-electron chi connectivity index (χ4n) is 0.917. The zero-order valence-electron chi connectivity index (χ0n) is 7.61. The minimum absolute atomic E-state index is 0.290. The molecule has 0 saturated carbocycles. The average Bonchev–Trinajstić information content (AvgIpc) is 2.04. The lowest BCUT2D eigenvalue weighted by Gasteiger charge is -2.06. The fraction of sp³-hybridized carbons (Fsp3) is 0.333. The summed E-state index contributed by atoms with van der Waals surface area (Å²) in [5.74, 6) is 0. The lowest BCUT2D eigenvalue weighted by molar-refractivity contribution is 0.587. The van der Waals surface area contributed by atoms with E-state index in [1.54, 1.807) is 13.8 Å². The molecule has 0 heterocycles. The first-order valence-corrected chi connectivity index (χ1v) is 5.55. The molecule has 1 N–H and O–H groups in total. The molecule has 13 heavy (non-hydrogen) atoms. The van der Waals surface area contributed by atoms with Gasteiger partial charge in [-0.3, -0.25) is 0 Å². The van der Waals surface area contributed by atoms with Crippen molar-refractivity contribution in [1.29, 1.82) is 0 Å². The van der Waals surface area contributed by atoms with Gasteiger partial charge in [-0.2, -0.15) is 0 Å². The number of hydrogen-bond acceptors (Lipinski definition) is 2. The Balaban J connectivity index is 3.17. The highest BCUT2D eigenvalue weighted by Gasteiger charge is 2.18. The third kappa shape index (κ3) is 2.01. The van der Waals surface area contributed by atoms with Gasteiger partial charge in [-0.25, -0.2) is 8.42 Å². The normalized spacial score (nSPS) is 11.9. The van der Waals surface area contributed by atoms with E-state index in [2.05, 4.69) is 0 Å². The average molecular weight is 198 g/mol. The number of nitrogens with one attached hydrogen (secondary N) is 1. The molecule has 0 unspecified atom stereocenters. The highest BCUT2D eigenvalue weighted by atomic mass is 32.2. The molecule has 0 aromatic heterocycles. The van der Waals surface area contributed by atoms with Crippen LogP contribution in [0.2, 0.25) is 0 Å². The zero-order valence-corrected chi connectivity index (χ0v) is 8.43. The van der Waals surface area contributed by atoms with E-state index in [9.17, 15) is 8.42 Å². The van der Waals surface area contributed by atoms with Crippen LogP contribution in [0.1, 0.15) is 13.8 Å². The van der Waals surface area contributed by atoms with Crippen molar-refractivity contribution in [2.24, 2.45) is 0 Å². The molecule has 0 atom stereocenters. The van der Waals surface area contributed by atoms with Crippen LogP contribution < -0.4 is 5.73 Å². The third-order valence-electron chi connectivity index (χ3n) is 1.80. The van der Waals surface area contributed by atoms with Gasteiger partial charge < -0.3 is 5.73 Å². The summed E-state index contributed by atoms with van der Waals surface area (Å²) in [6.45, 7) is 3.29. The molecule has 0 amide bonds. The van der Waals surface area contributed by atoms with Gasteiger partial charge in [-0.15, -0.1) is 0 Å². The van der Waals surface area contributed by atoms with E-state index in [1.165, 1.54) is 24.3 Å². The van der Waals surface area contributed by atoms with Crippen molar-refractivity contribution < 1.29 is 8.42 Å². The summed E-state index contributed by atoms with van der Waals surface area (Å²) >= 11 is 0. The van der Waals surface area contributed by atoms with Gasteiger partial charge in [0.15, 0.2) is 9.84 Å². The van der Waals surface area contributed by atoms with Crippen LogP contribution in [0.25, 0.3) is 0 Å². The summed E-state index contributed by atoms with van der Waals surface area (Å²) in [6.07, 6.45) is 0. The van der Waals surface area contributed by atoms with Crippen LogP contribution in [0.5, 0.6) is 0 Å². The number of benzene rings is 1. The zero-order chi connectivity index (χ0) is 10.1. The smallest absolute Gasteiger partial charge is 0.180 e. The summed E-state index contributed by atoms with van der Waals surface area (Å²) < 4.78 is 23.2. The summed E-state index contributed by atoms with van der Waals surface area (Å²) in [5, 5.41) is -0.413. The standard InChI is InChI=1S/C9H12NO2S/c1-7(2)13(11,12)9-5-3-8(10)4-6-9/h3-7,10H,1-2H3. The Morgan fingerprint density at radius 3 is 2.00 bits per heavy atom. The van der Waals surface area contributed by atoms with E-state index in [0.717, 1.165) is 0 Å². The van der Waals surface area contributed by atoms with Gasteiger partial charge in [0.2, 0.25) is 0 Å². The predicted octanol–water partition coefficient (Wildman–Crippen LogP) is 1.78. The number of sulfone groups is 1. The highest BCUT2D eigenvalue weighted by Crippen LogP contribution is 2.17. The largest absolute Gasteiger partial charge is 0.301 e. The van der Waals surface area contributed by atoms with Crippen molar-refractivity contribution in [2.45, 2.75) is 24.0 Å². The molecule has 1 radical (unpaired) electrons. The molecule has 0 bridgehead atoms. The van der Waals surface area contributed by atoms with E-state index < -0.39 is 15.1 Å². The van der Waals surface area contributed by atoms with Crippen LogP contribution in [0.4, 0.5) is 5.69 Å². The van der Waals surface area contributed by atoms with Gasteiger partial charge in [-0.05, 0) is 38.1 Å². The molecule has 71 valence electrons. The molecule has 3 nitrogen and oxygen atoms in total. The topological polar surface area (TPSA) is 57.9 Å². The van der Waals surface area contributed by atoms with E-state index in [-0.39, 0.29) is 0 Å². The Kier molecular flexibility index (Phi) is 2.61. The second-order valence-corrected chi connectivity index (χ2v) is 5.62. The van der Waals surface area contributed by atoms with Crippen LogP contribution in [-0.2, 0) is 9.84 Å². The van der Waals surface area contributed by atoms with Crippen LogP contribution >= 0.6 is 0 Å². The molecule has 0 aliphatic heterocycles. The van der Waals surface area contributed by atoms with Gasteiger partial charge in [0.1, 0.15) is 0 Å². The van der Waals surface area contributed by atoms with Crippen LogP contribution in [0.3, 0.4) is 0 Å². The van der Waals surface area contributed by atoms with Gasteiger partial charge in [-0.1, -0.05) is 0 Å². The van der Waals surface area contributed by atoms with Crippen molar-refractivity contribution >= 4 is 15.5 Å². The Bertz CT molecular complexity index is 379. The lowest BCUT2D eigenvalue weighted by atomic mass is 10.3. The molecular formula is C9H12NO2S. The maximum atomic E-state index is 11.6. The fourth-order valence-corrected chi connectivity index (χ4v) is 1.98. The number of hydrogen-bond donors (Lipinski definition) is 0. The Hall–Kier alpha value is -1.03.